The number of carbonyl (C=O) groups excluding carboxylic acids is 1. The van der Waals surface area contributed by atoms with Crippen molar-refractivity contribution < 1.29 is 13.6 Å². The van der Waals surface area contributed by atoms with Gasteiger partial charge in [0, 0.05) is 25.2 Å². The number of alkyl halides is 2. The summed E-state index contributed by atoms with van der Waals surface area (Å²) in [5, 5.41) is 0. The minimum Gasteiger partial charge on any atom is -0.299 e. The zero-order valence-corrected chi connectivity index (χ0v) is 9.66. The predicted octanol–water partition coefficient (Wildman–Crippen LogP) is 3.62. The minimum absolute atomic E-state index is 0.103. The zero-order chi connectivity index (χ0) is 12.3. The molecule has 1 aliphatic rings. The van der Waals surface area contributed by atoms with Gasteiger partial charge in [-0.15, -0.1) is 0 Å². The van der Waals surface area contributed by atoms with Crippen LogP contribution in [0.2, 0.25) is 0 Å². The summed E-state index contributed by atoms with van der Waals surface area (Å²) in [4.78, 5) is 11.9. The third-order valence-electron chi connectivity index (χ3n) is 3.39. The lowest BCUT2D eigenvalue weighted by Gasteiger charge is -2.27. The Morgan fingerprint density at radius 2 is 1.76 bits per heavy atom. The fraction of sp³-hybridized carbons (Fsp3) is 0.500. The zero-order valence-electron chi connectivity index (χ0n) is 9.66. The van der Waals surface area contributed by atoms with Crippen molar-refractivity contribution in [3.8, 4) is 0 Å². The van der Waals surface area contributed by atoms with Crippen LogP contribution in [0, 0.1) is 5.92 Å². The van der Waals surface area contributed by atoms with Gasteiger partial charge in [-0.05, 0) is 18.4 Å². The van der Waals surface area contributed by atoms with Gasteiger partial charge < -0.3 is 0 Å². The van der Waals surface area contributed by atoms with Gasteiger partial charge >= 0.3 is 0 Å². The van der Waals surface area contributed by atoms with E-state index >= 15 is 0 Å². The maximum absolute atomic E-state index is 13.0. The topological polar surface area (TPSA) is 17.1 Å². The Kier molecular flexibility index (Phi) is 3.55. The minimum atomic E-state index is -2.55. The van der Waals surface area contributed by atoms with Crippen molar-refractivity contribution in [3.05, 3.63) is 35.9 Å². The van der Waals surface area contributed by atoms with Crippen LogP contribution in [-0.4, -0.2) is 11.7 Å². The first kappa shape index (κ1) is 12.2. The molecule has 0 radical (unpaired) electrons. The van der Waals surface area contributed by atoms with Crippen LogP contribution in [0.25, 0.3) is 0 Å². The van der Waals surface area contributed by atoms with Crippen LogP contribution >= 0.6 is 0 Å². The number of benzene rings is 1. The summed E-state index contributed by atoms with van der Waals surface area (Å²) < 4.78 is 25.9. The molecule has 1 fully saturated rings. The number of rotatable bonds is 3. The van der Waals surface area contributed by atoms with Crippen LogP contribution in [-0.2, 0) is 11.2 Å². The van der Waals surface area contributed by atoms with Crippen LogP contribution in [0.5, 0.6) is 0 Å². The third-order valence-corrected chi connectivity index (χ3v) is 3.39. The van der Waals surface area contributed by atoms with Gasteiger partial charge in [0.2, 0.25) is 5.92 Å². The largest absolute Gasteiger partial charge is 0.299 e. The molecule has 1 aromatic carbocycles. The molecule has 0 unspecified atom stereocenters. The maximum Gasteiger partial charge on any atom is 0.248 e. The highest BCUT2D eigenvalue weighted by atomic mass is 19.3. The van der Waals surface area contributed by atoms with E-state index in [0.29, 0.717) is 19.3 Å². The Labute approximate surface area is 99.8 Å². The van der Waals surface area contributed by atoms with Crippen LogP contribution in [0.15, 0.2) is 30.3 Å². The smallest absolute Gasteiger partial charge is 0.248 e. The molecule has 0 atom stereocenters. The summed E-state index contributed by atoms with van der Waals surface area (Å²) in [6, 6.07) is 9.47. The highest BCUT2D eigenvalue weighted by molar-refractivity contribution is 5.83. The summed E-state index contributed by atoms with van der Waals surface area (Å²) in [7, 11) is 0. The molecule has 1 nitrogen and oxygen atoms in total. The molecule has 0 bridgehead atoms. The van der Waals surface area contributed by atoms with E-state index < -0.39 is 5.92 Å². The van der Waals surface area contributed by atoms with Gasteiger partial charge in [-0.1, -0.05) is 30.3 Å². The second-order valence-corrected chi connectivity index (χ2v) is 4.76. The van der Waals surface area contributed by atoms with Crippen molar-refractivity contribution in [3.63, 3.8) is 0 Å². The van der Waals surface area contributed by atoms with E-state index in [1.54, 1.807) is 0 Å². The molecule has 0 aliphatic heterocycles. The number of carbonyl (C=O) groups is 1. The van der Waals surface area contributed by atoms with E-state index in [2.05, 4.69) is 0 Å². The Morgan fingerprint density at radius 1 is 1.18 bits per heavy atom. The van der Waals surface area contributed by atoms with E-state index in [9.17, 15) is 13.6 Å². The Balaban J connectivity index is 1.90. The first-order valence-electron chi connectivity index (χ1n) is 6.01. The molecule has 0 saturated heterocycles. The van der Waals surface area contributed by atoms with Crippen molar-refractivity contribution in [1.82, 2.24) is 0 Å². The normalized spacial score (nSPS) is 20.1. The monoisotopic (exact) mass is 238 g/mol. The van der Waals surface area contributed by atoms with E-state index in [0.717, 1.165) is 5.56 Å². The molecule has 0 amide bonds. The summed E-state index contributed by atoms with van der Waals surface area (Å²) in [5.74, 6) is -2.62. The molecule has 92 valence electrons. The fourth-order valence-corrected chi connectivity index (χ4v) is 2.30. The third kappa shape index (κ3) is 3.35. The number of hydrogen-bond acceptors (Lipinski definition) is 1. The molecule has 1 aromatic rings. The van der Waals surface area contributed by atoms with Gasteiger partial charge in [0.05, 0.1) is 0 Å². The lowest BCUT2D eigenvalue weighted by Crippen LogP contribution is -2.29. The molecule has 0 N–H and O–H groups in total. The molecule has 2 rings (SSSR count). The summed E-state index contributed by atoms with van der Waals surface area (Å²) >= 11 is 0. The lowest BCUT2D eigenvalue weighted by molar-refractivity contribution is -0.126. The highest BCUT2D eigenvalue weighted by Gasteiger charge is 2.36. The van der Waals surface area contributed by atoms with Crippen molar-refractivity contribution in [1.29, 1.82) is 0 Å². The molecule has 1 aliphatic carbocycles. The molecule has 3 heteroatoms. The molecule has 0 heterocycles. The van der Waals surface area contributed by atoms with Crippen molar-refractivity contribution in [2.45, 2.75) is 38.0 Å². The molecule has 0 aromatic heterocycles. The summed E-state index contributed by atoms with van der Waals surface area (Å²) in [6.45, 7) is 0. The number of Topliss-reactive ketones (excluding diaryl/α,β-unsaturated/α-hetero) is 1. The number of halogens is 2. The molecule has 17 heavy (non-hydrogen) atoms. The molecule has 0 spiro atoms. The first-order chi connectivity index (χ1) is 8.07. The van der Waals surface area contributed by atoms with Crippen LogP contribution in [0.1, 0.15) is 31.2 Å². The van der Waals surface area contributed by atoms with Crippen molar-refractivity contribution in [2.75, 3.05) is 0 Å². The Bertz CT molecular complexity index is 376. The van der Waals surface area contributed by atoms with Crippen LogP contribution < -0.4 is 0 Å². The van der Waals surface area contributed by atoms with Gasteiger partial charge in [-0.2, -0.15) is 0 Å². The lowest BCUT2D eigenvalue weighted by atomic mass is 9.82. The summed E-state index contributed by atoms with van der Waals surface area (Å²) in [5.41, 5.74) is 0.967. The predicted molar refractivity (Wildman–Crippen MR) is 62.1 cm³/mol. The quantitative estimate of drug-likeness (QED) is 0.786. The average molecular weight is 238 g/mol. The van der Waals surface area contributed by atoms with Gasteiger partial charge in [-0.3, -0.25) is 4.79 Å². The van der Waals surface area contributed by atoms with Gasteiger partial charge in [0.15, 0.2) is 0 Å². The van der Waals surface area contributed by atoms with E-state index in [1.165, 1.54) is 0 Å². The van der Waals surface area contributed by atoms with Crippen LogP contribution in [0.4, 0.5) is 8.78 Å². The van der Waals surface area contributed by atoms with E-state index in [1.807, 2.05) is 30.3 Å². The van der Waals surface area contributed by atoms with Gasteiger partial charge in [-0.25, -0.2) is 8.78 Å². The average Bonchev–Trinajstić information content (AvgIpc) is 2.30. The van der Waals surface area contributed by atoms with Crippen molar-refractivity contribution in [2.24, 2.45) is 5.92 Å². The molecular formula is C14H16F2O. The second kappa shape index (κ2) is 4.94. The highest BCUT2D eigenvalue weighted by Crippen LogP contribution is 2.36. The Hall–Kier alpha value is -1.25. The summed E-state index contributed by atoms with van der Waals surface area (Å²) in [6.07, 6.45) is 0.755. The SMILES string of the molecule is O=C(Cc1ccccc1)C1CCC(F)(F)CC1. The fourth-order valence-electron chi connectivity index (χ4n) is 2.30. The van der Waals surface area contributed by atoms with Crippen LogP contribution in [0.3, 0.4) is 0 Å². The maximum atomic E-state index is 13.0. The van der Waals surface area contributed by atoms with Gasteiger partial charge in [0.25, 0.3) is 0 Å². The second-order valence-electron chi connectivity index (χ2n) is 4.76. The standard InChI is InChI=1S/C14H16F2O/c15-14(16)8-6-12(7-9-14)13(17)10-11-4-2-1-3-5-11/h1-5,12H,6-10H2. The Morgan fingerprint density at radius 3 is 2.35 bits per heavy atom. The van der Waals surface area contributed by atoms with Gasteiger partial charge in [0.1, 0.15) is 5.78 Å². The molecule has 1 saturated carbocycles. The van der Waals surface area contributed by atoms with E-state index in [-0.39, 0.29) is 24.5 Å². The molecular weight excluding hydrogens is 222 g/mol. The first-order valence-corrected chi connectivity index (χ1v) is 6.01. The number of ketones is 1. The van der Waals surface area contributed by atoms with E-state index in [4.69, 9.17) is 0 Å². The number of hydrogen-bond donors (Lipinski definition) is 0. The van der Waals surface area contributed by atoms with Crippen molar-refractivity contribution >= 4 is 5.78 Å².